The van der Waals surface area contributed by atoms with Crippen molar-refractivity contribution >= 4 is 41.3 Å². The van der Waals surface area contributed by atoms with Gasteiger partial charge < -0.3 is 19.5 Å². The van der Waals surface area contributed by atoms with E-state index in [2.05, 4.69) is 5.32 Å². The summed E-state index contributed by atoms with van der Waals surface area (Å²) in [6.45, 7) is 3.44. The molecule has 0 bridgehead atoms. The maximum Gasteiger partial charge on any atom is 0.308 e. The SMILES string of the molecule is CSc1ccc2c(cc1=O)[C@@H](NC(=O)c1ccc([N+](=O)[O-])cc1)CCc1cc(OC(C)=O)c(OC(C)=O)c(OC(C)=O)c1-2. The van der Waals surface area contributed by atoms with Gasteiger partial charge in [-0.25, -0.2) is 0 Å². The summed E-state index contributed by atoms with van der Waals surface area (Å²) < 4.78 is 16.3. The highest BCUT2D eigenvalue weighted by Crippen LogP contribution is 2.51. The zero-order valence-electron chi connectivity index (χ0n) is 23.5. The minimum Gasteiger partial charge on any atom is -0.423 e. The van der Waals surface area contributed by atoms with Gasteiger partial charge in [0.05, 0.1) is 15.9 Å². The molecule has 0 aromatic heterocycles. The molecule has 0 radical (unpaired) electrons. The largest absolute Gasteiger partial charge is 0.423 e. The van der Waals surface area contributed by atoms with E-state index in [0.29, 0.717) is 27.1 Å². The number of amides is 1. The third-order valence-electron chi connectivity index (χ3n) is 6.48. The van der Waals surface area contributed by atoms with Crippen molar-refractivity contribution in [2.75, 3.05) is 6.26 Å². The molecule has 13 heteroatoms. The molecule has 0 aliphatic heterocycles. The lowest BCUT2D eigenvalue weighted by Gasteiger charge is -2.20. The minimum atomic E-state index is -0.769. The number of hydrogen-bond donors (Lipinski definition) is 1. The first-order valence-electron chi connectivity index (χ1n) is 12.9. The maximum atomic E-state index is 13.3. The molecule has 4 rings (SSSR count). The molecule has 12 nitrogen and oxygen atoms in total. The van der Waals surface area contributed by atoms with E-state index in [0.717, 1.165) is 20.8 Å². The van der Waals surface area contributed by atoms with Gasteiger partial charge in [0.25, 0.3) is 11.6 Å². The molecule has 0 spiro atoms. The zero-order chi connectivity index (χ0) is 31.4. The molecule has 0 unspecified atom stereocenters. The van der Waals surface area contributed by atoms with E-state index >= 15 is 0 Å². The summed E-state index contributed by atoms with van der Waals surface area (Å²) in [5, 5.41) is 14.0. The first-order chi connectivity index (χ1) is 20.4. The number of carbonyl (C=O) groups excluding carboxylic acids is 4. The zero-order valence-corrected chi connectivity index (χ0v) is 24.4. The summed E-state index contributed by atoms with van der Waals surface area (Å²) in [4.78, 5) is 73.7. The number of nitrogens with zero attached hydrogens (tertiary/aromatic N) is 1. The van der Waals surface area contributed by atoms with Gasteiger partial charge in [0, 0.05) is 44.0 Å². The Morgan fingerprint density at radius 1 is 0.907 bits per heavy atom. The number of ether oxygens (including phenoxy) is 3. The van der Waals surface area contributed by atoms with Crippen molar-refractivity contribution in [3.05, 3.63) is 85.6 Å². The lowest BCUT2D eigenvalue weighted by atomic mass is 9.95. The summed E-state index contributed by atoms with van der Waals surface area (Å²) in [5.41, 5.74) is 1.30. The molecule has 1 aliphatic carbocycles. The number of esters is 3. The standard InChI is InChI=1S/C30H26N2O10S/c1-15(33)40-25-13-19-7-11-23(31-30(37)18-5-8-20(9-6-18)32(38)39)22-14-24(36)26(43-4)12-10-21(22)27(19)29(42-17(3)35)28(25)41-16(2)34/h5-6,8-10,12-14,23H,7,11H2,1-4H3,(H,31,37)/t23-/m0/s1. The number of rotatable bonds is 7. The van der Waals surface area contributed by atoms with Crippen molar-refractivity contribution in [3.8, 4) is 28.4 Å². The highest BCUT2D eigenvalue weighted by Gasteiger charge is 2.32. The molecule has 1 amide bonds. The number of nitro benzene ring substituents is 1. The fourth-order valence-electron chi connectivity index (χ4n) is 4.77. The molecule has 3 aromatic rings. The van der Waals surface area contributed by atoms with Gasteiger partial charge in [0.2, 0.25) is 5.75 Å². The van der Waals surface area contributed by atoms with Gasteiger partial charge in [-0.05, 0) is 66.1 Å². The highest BCUT2D eigenvalue weighted by molar-refractivity contribution is 7.98. The van der Waals surface area contributed by atoms with Crippen LogP contribution in [0.4, 0.5) is 5.69 Å². The Bertz CT molecular complexity index is 1720. The molecule has 3 aromatic carbocycles. The van der Waals surface area contributed by atoms with Gasteiger partial charge in [-0.1, -0.05) is 6.07 Å². The number of nitrogens with one attached hydrogen (secondary N) is 1. The highest BCUT2D eigenvalue weighted by atomic mass is 32.2. The predicted octanol–water partition coefficient (Wildman–Crippen LogP) is 4.54. The van der Waals surface area contributed by atoms with Crippen molar-refractivity contribution in [3.63, 3.8) is 0 Å². The van der Waals surface area contributed by atoms with Crippen LogP contribution in [0.5, 0.6) is 17.2 Å². The van der Waals surface area contributed by atoms with Crippen molar-refractivity contribution in [2.45, 2.75) is 44.6 Å². The second-order valence-corrected chi connectivity index (χ2v) is 10.3. The van der Waals surface area contributed by atoms with E-state index in [4.69, 9.17) is 14.2 Å². The summed E-state index contributed by atoms with van der Waals surface area (Å²) in [5.74, 6) is -3.41. The minimum absolute atomic E-state index is 0.151. The van der Waals surface area contributed by atoms with Crippen molar-refractivity contribution < 1.29 is 38.3 Å². The van der Waals surface area contributed by atoms with Crippen molar-refractivity contribution in [2.24, 2.45) is 0 Å². The molecule has 1 aliphatic rings. The topological polar surface area (TPSA) is 168 Å². The average molecular weight is 607 g/mol. The second-order valence-electron chi connectivity index (χ2n) is 9.50. The van der Waals surface area contributed by atoms with Gasteiger partial charge >= 0.3 is 17.9 Å². The van der Waals surface area contributed by atoms with Crippen LogP contribution in [0.3, 0.4) is 0 Å². The van der Waals surface area contributed by atoms with Gasteiger partial charge in [-0.15, -0.1) is 11.8 Å². The Labute approximate surface area is 249 Å². The third-order valence-corrected chi connectivity index (χ3v) is 7.26. The quantitative estimate of drug-likeness (QED) is 0.132. The number of fused-ring (bicyclic) bond motifs is 3. The molecule has 1 atom stereocenters. The Morgan fingerprint density at radius 3 is 2.12 bits per heavy atom. The molecule has 222 valence electrons. The molecular weight excluding hydrogens is 580 g/mol. The van der Waals surface area contributed by atoms with E-state index in [1.807, 2.05) is 0 Å². The third kappa shape index (κ3) is 6.89. The molecular formula is C30H26N2O10S. The van der Waals surface area contributed by atoms with E-state index in [1.165, 1.54) is 48.2 Å². The van der Waals surface area contributed by atoms with Crippen LogP contribution in [0, 0.1) is 10.1 Å². The summed E-state index contributed by atoms with van der Waals surface area (Å²) in [6.07, 6.45) is 2.23. The fraction of sp³-hybridized carbons (Fsp3) is 0.233. The lowest BCUT2D eigenvalue weighted by molar-refractivity contribution is -0.384. The molecule has 0 saturated heterocycles. The van der Waals surface area contributed by atoms with Crippen LogP contribution in [0.2, 0.25) is 0 Å². The smallest absolute Gasteiger partial charge is 0.308 e. The molecule has 1 N–H and O–H groups in total. The van der Waals surface area contributed by atoms with E-state index in [-0.39, 0.29) is 46.8 Å². The summed E-state index contributed by atoms with van der Waals surface area (Å²) >= 11 is 1.22. The monoisotopic (exact) mass is 606 g/mol. The van der Waals surface area contributed by atoms with E-state index in [1.54, 1.807) is 18.4 Å². The fourth-order valence-corrected chi connectivity index (χ4v) is 5.23. The van der Waals surface area contributed by atoms with Gasteiger partial charge in [0.15, 0.2) is 16.9 Å². The number of carbonyl (C=O) groups is 4. The lowest BCUT2D eigenvalue weighted by Crippen LogP contribution is -2.29. The Balaban J connectivity index is 1.96. The van der Waals surface area contributed by atoms with Gasteiger partial charge in [-0.3, -0.25) is 34.1 Å². The van der Waals surface area contributed by atoms with E-state index in [9.17, 15) is 34.1 Å². The van der Waals surface area contributed by atoms with Crippen LogP contribution in [-0.2, 0) is 20.8 Å². The Kier molecular flexibility index (Phi) is 9.24. The van der Waals surface area contributed by atoms with E-state index < -0.39 is 34.8 Å². The number of aryl methyl sites for hydroxylation is 1. The van der Waals surface area contributed by atoms with Crippen LogP contribution in [0.1, 0.15) is 54.7 Å². The van der Waals surface area contributed by atoms with Gasteiger partial charge in [-0.2, -0.15) is 0 Å². The van der Waals surface area contributed by atoms with Crippen LogP contribution < -0.4 is 25.0 Å². The number of non-ortho nitro benzene ring substituents is 1. The van der Waals surface area contributed by atoms with Crippen LogP contribution in [0.15, 0.2) is 58.2 Å². The van der Waals surface area contributed by atoms with Crippen LogP contribution in [0.25, 0.3) is 11.1 Å². The maximum absolute atomic E-state index is 13.3. The average Bonchev–Trinajstić information content (AvgIpc) is 3.18. The number of nitro groups is 1. The normalized spacial score (nSPS) is 13.4. The van der Waals surface area contributed by atoms with Crippen molar-refractivity contribution in [1.29, 1.82) is 0 Å². The summed E-state index contributed by atoms with van der Waals surface area (Å²) in [7, 11) is 0. The molecule has 0 heterocycles. The first-order valence-corrected chi connectivity index (χ1v) is 14.1. The number of thioether (sulfide) groups is 1. The second kappa shape index (κ2) is 12.9. The summed E-state index contributed by atoms with van der Waals surface area (Å²) in [6, 6.07) is 10.4. The van der Waals surface area contributed by atoms with Crippen molar-refractivity contribution in [1.82, 2.24) is 5.32 Å². The van der Waals surface area contributed by atoms with Gasteiger partial charge in [0.1, 0.15) is 0 Å². The molecule has 0 fully saturated rings. The predicted molar refractivity (Wildman–Crippen MR) is 155 cm³/mol. The molecule has 0 saturated carbocycles. The van der Waals surface area contributed by atoms with Crippen LogP contribution in [-0.4, -0.2) is 35.0 Å². The number of hydrogen-bond acceptors (Lipinski definition) is 11. The Hall–Kier alpha value is -5.04. The Morgan fingerprint density at radius 2 is 1.53 bits per heavy atom. The number of benzene rings is 2. The first kappa shape index (κ1) is 30.9. The van der Waals surface area contributed by atoms with Crippen LogP contribution >= 0.6 is 11.8 Å². The molecule has 43 heavy (non-hydrogen) atoms.